The Morgan fingerprint density at radius 3 is 2.33 bits per heavy atom. The van der Waals surface area contributed by atoms with Gasteiger partial charge in [-0.15, -0.1) is 0 Å². The lowest BCUT2D eigenvalue weighted by Gasteiger charge is -2.07. The zero-order valence-electron chi connectivity index (χ0n) is 12.5. The maximum atomic E-state index is 12.1. The lowest BCUT2D eigenvalue weighted by Crippen LogP contribution is -2.13. The molecule has 21 heavy (non-hydrogen) atoms. The quantitative estimate of drug-likeness (QED) is 0.849. The third kappa shape index (κ3) is 4.31. The summed E-state index contributed by atoms with van der Waals surface area (Å²) >= 11 is 0. The van der Waals surface area contributed by atoms with Crippen molar-refractivity contribution in [3.8, 4) is 0 Å². The van der Waals surface area contributed by atoms with E-state index in [9.17, 15) is 4.79 Å². The van der Waals surface area contributed by atoms with Crippen molar-refractivity contribution in [2.24, 2.45) is 0 Å². The van der Waals surface area contributed by atoms with Crippen LogP contribution in [-0.4, -0.2) is 17.4 Å². The Hall–Kier alpha value is -2.36. The predicted octanol–water partition coefficient (Wildman–Crippen LogP) is 3.72. The topological polar surface area (TPSA) is 54.0 Å². The summed E-state index contributed by atoms with van der Waals surface area (Å²) in [7, 11) is 0. The van der Waals surface area contributed by atoms with E-state index in [4.69, 9.17) is 0 Å². The number of aromatic nitrogens is 1. The van der Waals surface area contributed by atoms with Crippen LogP contribution in [0.25, 0.3) is 0 Å². The molecule has 2 aromatic rings. The van der Waals surface area contributed by atoms with Gasteiger partial charge in [-0.1, -0.05) is 26.0 Å². The smallest absolute Gasteiger partial charge is 0.274 e. The summed E-state index contributed by atoms with van der Waals surface area (Å²) in [5.74, 6) is -0.193. The standard InChI is InChI=1S/C17H21N3O/c1-3-11-18-15-9-10-16(19-12-15)17(21)20-14-7-5-13(4-2)6-8-14/h5-10,12,18H,3-4,11H2,1-2H3,(H,20,21). The molecule has 2 rings (SSSR count). The molecule has 0 aliphatic carbocycles. The third-order valence-electron chi connectivity index (χ3n) is 3.20. The van der Waals surface area contributed by atoms with Gasteiger partial charge in [0.25, 0.3) is 5.91 Å². The first kappa shape index (κ1) is 15.0. The Labute approximate surface area is 125 Å². The maximum absolute atomic E-state index is 12.1. The van der Waals surface area contributed by atoms with Gasteiger partial charge < -0.3 is 10.6 Å². The number of benzene rings is 1. The Balaban J connectivity index is 1.98. The molecule has 2 N–H and O–H groups in total. The van der Waals surface area contributed by atoms with E-state index in [-0.39, 0.29) is 5.91 Å². The zero-order chi connectivity index (χ0) is 15.1. The summed E-state index contributed by atoms with van der Waals surface area (Å²) in [6, 6.07) is 11.5. The number of aryl methyl sites for hydroxylation is 1. The summed E-state index contributed by atoms with van der Waals surface area (Å²) in [5.41, 5.74) is 3.38. The first-order valence-electron chi connectivity index (χ1n) is 7.33. The molecule has 1 aromatic carbocycles. The van der Waals surface area contributed by atoms with Crippen LogP contribution in [0.2, 0.25) is 0 Å². The molecule has 110 valence electrons. The van der Waals surface area contributed by atoms with Crippen LogP contribution < -0.4 is 10.6 Å². The third-order valence-corrected chi connectivity index (χ3v) is 3.20. The van der Waals surface area contributed by atoms with Crippen molar-refractivity contribution < 1.29 is 4.79 Å². The molecule has 0 bridgehead atoms. The largest absolute Gasteiger partial charge is 0.384 e. The second kappa shape index (κ2) is 7.43. The molecule has 0 fully saturated rings. The van der Waals surface area contributed by atoms with Crippen LogP contribution >= 0.6 is 0 Å². The van der Waals surface area contributed by atoms with Crippen molar-refractivity contribution in [3.05, 3.63) is 53.9 Å². The number of hydrogen-bond acceptors (Lipinski definition) is 3. The second-order valence-corrected chi connectivity index (χ2v) is 4.86. The molecule has 0 saturated heterocycles. The highest BCUT2D eigenvalue weighted by atomic mass is 16.1. The Bertz CT molecular complexity index is 576. The first-order chi connectivity index (χ1) is 10.2. The minimum atomic E-state index is -0.193. The van der Waals surface area contributed by atoms with Crippen LogP contribution in [0.15, 0.2) is 42.6 Å². The minimum Gasteiger partial charge on any atom is -0.384 e. The molecular formula is C17H21N3O. The summed E-state index contributed by atoms with van der Waals surface area (Å²) in [4.78, 5) is 16.3. The van der Waals surface area contributed by atoms with Crippen LogP contribution in [0, 0.1) is 0 Å². The number of pyridine rings is 1. The number of carbonyl (C=O) groups excluding carboxylic acids is 1. The van der Waals surface area contributed by atoms with E-state index in [1.54, 1.807) is 12.3 Å². The fourth-order valence-corrected chi connectivity index (χ4v) is 1.92. The first-order valence-corrected chi connectivity index (χ1v) is 7.33. The summed E-state index contributed by atoms with van der Waals surface area (Å²) < 4.78 is 0. The van der Waals surface area contributed by atoms with E-state index in [2.05, 4.69) is 29.5 Å². The number of anilines is 2. The molecule has 0 spiro atoms. The van der Waals surface area contributed by atoms with E-state index in [0.717, 1.165) is 30.8 Å². The molecule has 4 nitrogen and oxygen atoms in total. The van der Waals surface area contributed by atoms with Gasteiger partial charge in [0.2, 0.25) is 0 Å². The molecular weight excluding hydrogens is 262 g/mol. The van der Waals surface area contributed by atoms with Crippen molar-refractivity contribution in [2.45, 2.75) is 26.7 Å². The van der Waals surface area contributed by atoms with Gasteiger partial charge in [0.05, 0.1) is 11.9 Å². The molecule has 4 heteroatoms. The lowest BCUT2D eigenvalue weighted by atomic mass is 10.1. The molecule has 0 unspecified atom stereocenters. The van der Waals surface area contributed by atoms with Crippen LogP contribution in [0.4, 0.5) is 11.4 Å². The molecule has 0 atom stereocenters. The van der Waals surface area contributed by atoms with Gasteiger partial charge in [-0.05, 0) is 42.7 Å². The molecule has 0 radical (unpaired) electrons. The molecule has 0 aliphatic rings. The zero-order valence-corrected chi connectivity index (χ0v) is 12.5. The van der Waals surface area contributed by atoms with Gasteiger partial charge in [-0.2, -0.15) is 0 Å². The molecule has 0 saturated carbocycles. The second-order valence-electron chi connectivity index (χ2n) is 4.86. The van der Waals surface area contributed by atoms with Crippen molar-refractivity contribution in [2.75, 3.05) is 17.2 Å². The predicted molar refractivity (Wildman–Crippen MR) is 86.8 cm³/mol. The normalized spacial score (nSPS) is 10.2. The number of nitrogens with zero attached hydrogens (tertiary/aromatic N) is 1. The van der Waals surface area contributed by atoms with Gasteiger partial charge in [0, 0.05) is 12.2 Å². The van der Waals surface area contributed by atoms with E-state index in [0.29, 0.717) is 5.69 Å². The van der Waals surface area contributed by atoms with Crippen LogP contribution in [0.1, 0.15) is 36.3 Å². The van der Waals surface area contributed by atoms with E-state index in [1.807, 2.05) is 30.3 Å². The van der Waals surface area contributed by atoms with Crippen molar-refractivity contribution >= 4 is 17.3 Å². The number of carbonyl (C=O) groups is 1. The molecule has 0 aliphatic heterocycles. The highest BCUT2D eigenvalue weighted by molar-refractivity contribution is 6.02. The fraction of sp³-hybridized carbons (Fsp3) is 0.294. The number of rotatable bonds is 6. The monoisotopic (exact) mass is 283 g/mol. The summed E-state index contributed by atoms with van der Waals surface area (Å²) in [6.45, 7) is 5.11. The van der Waals surface area contributed by atoms with Crippen LogP contribution in [0.3, 0.4) is 0 Å². The number of hydrogen-bond donors (Lipinski definition) is 2. The lowest BCUT2D eigenvalue weighted by molar-refractivity contribution is 0.102. The Morgan fingerprint density at radius 1 is 1.05 bits per heavy atom. The highest BCUT2D eigenvalue weighted by Crippen LogP contribution is 2.12. The molecule has 1 amide bonds. The number of nitrogens with one attached hydrogen (secondary N) is 2. The maximum Gasteiger partial charge on any atom is 0.274 e. The van der Waals surface area contributed by atoms with Crippen LogP contribution in [-0.2, 0) is 6.42 Å². The highest BCUT2D eigenvalue weighted by Gasteiger charge is 2.07. The Kier molecular flexibility index (Phi) is 5.32. The van der Waals surface area contributed by atoms with Crippen molar-refractivity contribution in [1.82, 2.24) is 4.98 Å². The summed E-state index contributed by atoms with van der Waals surface area (Å²) in [5, 5.41) is 6.08. The summed E-state index contributed by atoms with van der Waals surface area (Å²) in [6.07, 6.45) is 3.72. The average molecular weight is 283 g/mol. The molecule has 1 heterocycles. The van der Waals surface area contributed by atoms with E-state index in [1.165, 1.54) is 5.56 Å². The van der Waals surface area contributed by atoms with Crippen molar-refractivity contribution in [3.63, 3.8) is 0 Å². The van der Waals surface area contributed by atoms with Crippen LogP contribution in [0.5, 0.6) is 0 Å². The van der Waals surface area contributed by atoms with Gasteiger partial charge in [0.1, 0.15) is 5.69 Å². The fourth-order valence-electron chi connectivity index (χ4n) is 1.92. The van der Waals surface area contributed by atoms with Gasteiger partial charge in [-0.25, -0.2) is 4.98 Å². The minimum absolute atomic E-state index is 0.193. The Morgan fingerprint density at radius 2 is 1.76 bits per heavy atom. The van der Waals surface area contributed by atoms with Gasteiger partial charge >= 0.3 is 0 Å². The average Bonchev–Trinajstić information content (AvgIpc) is 2.54. The van der Waals surface area contributed by atoms with E-state index >= 15 is 0 Å². The number of amides is 1. The molecule has 1 aromatic heterocycles. The van der Waals surface area contributed by atoms with E-state index < -0.39 is 0 Å². The van der Waals surface area contributed by atoms with Crippen molar-refractivity contribution in [1.29, 1.82) is 0 Å². The van der Waals surface area contributed by atoms with Gasteiger partial charge in [-0.3, -0.25) is 4.79 Å². The SMILES string of the molecule is CCCNc1ccc(C(=O)Nc2ccc(CC)cc2)nc1. The van der Waals surface area contributed by atoms with Gasteiger partial charge in [0.15, 0.2) is 0 Å².